The molecule has 2 N–H and O–H groups in total. The molecule has 1 aliphatic carbocycles. The summed E-state index contributed by atoms with van der Waals surface area (Å²) in [5, 5.41) is 12.4. The minimum atomic E-state index is -0.983. The fourth-order valence-electron chi connectivity index (χ4n) is 5.26. The first kappa shape index (κ1) is 34.2. The third-order valence-corrected chi connectivity index (χ3v) is 8.77. The number of hydrogen-bond acceptors (Lipinski definition) is 4. The van der Waals surface area contributed by atoms with Crippen LogP contribution in [0.5, 0.6) is 5.75 Å². The van der Waals surface area contributed by atoms with Gasteiger partial charge in [0.1, 0.15) is 24.0 Å². The molecule has 4 aromatic rings. The molecule has 0 spiro atoms. The van der Waals surface area contributed by atoms with Gasteiger partial charge in [0.15, 0.2) is 0 Å². The third-order valence-electron chi connectivity index (χ3n) is 7.81. The molecule has 0 aliphatic heterocycles. The number of imidazole rings is 1. The fourth-order valence-corrected chi connectivity index (χ4v) is 6.13. The van der Waals surface area contributed by atoms with Crippen molar-refractivity contribution in [1.82, 2.24) is 14.9 Å². The highest BCUT2D eigenvalue weighted by Gasteiger charge is 2.28. The Balaban J connectivity index is 1.41. The van der Waals surface area contributed by atoms with Crippen LogP contribution in [0.4, 0.5) is 4.39 Å². The molecule has 0 saturated carbocycles. The summed E-state index contributed by atoms with van der Waals surface area (Å²) < 4.78 is 21.7. The van der Waals surface area contributed by atoms with Gasteiger partial charge in [0, 0.05) is 23.7 Å². The number of nitrogens with one attached hydrogen (secondary N) is 1. The number of carbonyl (C=O) groups is 2. The van der Waals surface area contributed by atoms with E-state index in [0.29, 0.717) is 29.6 Å². The predicted octanol–water partition coefficient (Wildman–Crippen LogP) is 8.85. The summed E-state index contributed by atoms with van der Waals surface area (Å²) >= 11 is 19.1. The van der Waals surface area contributed by atoms with Gasteiger partial charge in [0.25, 0.3) is 5.91 Å². The Morgan fingerprint density at radius 2 is 1.79 bits per heavy atom. The molecule has 0 fully saturated rings. The van der Waals surface area contributed by atoms with Crippen LogP contribution in [0.1, 0.15) is 75.1 Å². The number of halogens is 4. The molecule has 3 atom stereocenters. The maximum Gasteiger partial charge on any atom is 0.335 e. The smallest absolute Gasteiger partial charge is 0.335 e. The van der Waals surface area contributed by atoms with E-state index in [4.69, 9.17) is 49.6 Å². The van der Waals surface area contributed by atoms with Crippen LogP contribution in [0.25, 0.3) is 0 Å². The quantitative estimate of drug-likeness (QED) is 0.136. The van der Waals surface area contributed by atoms with Gasteiger partial charge in [0.2, 0.25) is 0 Å². The molecule has 1 heterocycles. The normalized spacial score (nSPS) is 16.4. The molecule has 1 aromatic heterocycles. The summed E-state index contributed by atoms with van der Waals surface area (Å²) in [4.78, 5) is 29.7. The SMILES string of the molecule is CCCCn1cc(C2C=CC(Cl)=CC2Cl)nc1[C@H](Cc1ccc(OCc2ccc(C(=O)O)cc2)cc1)NC(=O)c1ccc(F)cc1Cl. The number of unbranched alkanes of at least 4 members (excludes halogenated alkanes) is 1. The van der Waals surface area contributed by atoms with Crippen LogP contribution in [0.2, 0.25) is 5.02 Å². The van der Waals surface area contributed by atoms with Crippen molar-refractivity contribution in [1.29, 1.82) is 0 Å². The van der Waals surface area contributed by atoms with Gasteiger partial charge in [-0.25, -0.2) is 14.2 Å². The summed E-state index contributed by atoms with van der Waals surface area (Å²) in [6.07, 6.45) is 9.74. The lowest BCUT2D eigenvalue weighted by molar-refractivity contribution is 0.0696. The third kappa shape index (κ3) is 8.83. The van der Waals surface area contributed by atoms with E-state index >= 15 is 0 Å². The van der Waals surface area contributed by atoms with Crippen molar-refractivity contribution in [2.75, 3.05) is 0 Å². The van der Waals surface area contributed by atoms with Gasteiger partial charge in [-0.05, 0) is 78.6 Å². The first-order chi connectivity index (χ1) is 22.6. The summed E-state index contributed by atoms with van der Waals surface area (Å²) in [5.74, 6) is -0.895. The van der Waals surface area contributed by atoms with E-state index in [0.717, 1.165) is 35.7 Å². The average molecular weight is 697 g/mol. The number of alkyl halides is 1. The summed E-state index contributed by atoms with van der Waals surface area (Å²) in [6, 6.07) is 17.1. The van der Waals surface area contributed by atoms with Crippen molar-refractivity contribution in [2.24, 2.45) is 0 Å². The van der Waals surface area contributed by atoms with Crippen LogP contribution in [0, 0.1) is 5.82 Å². The number of carboxylic acids is 1. The molecular formula is C36H33Cl3FN3O4. The minimum Gasteiger partial charge on any atom is -0.489 e. The number of allylic oxidation sites excluding steroid dienone is 4. The number of carbonyl (C=O) groups excluding carboxylic acids is 1. The number of aromatic nitrogens is 2. The Kier molecular flexibility index (Phi) is 11.4. The van der Waals surface area contributed by atoms with E-state index in [1.54, 1.807) is 24.3 Å². The molecule has 0 saturated heterocycles. The van der Waals surface area contributed by atoms with Gasteiger partial charge in [-0.15, -0.1) is 11.6 Å². The number of amides is 1. The number of carboxylic acid groups (broad SMARTS) is 1. The highest BCUT2D eigenvalue weighted by atomic mass is 35.5. The van der Waals surface area contributed by atoms with Crippen molar-refractivity contribution >= 4 is 46.7 Å². The van der Waals surface area contributed by atoms with E-state index in [2.05, 4.69) is 16.8 Å². The molecule has 244 valence electrons. The van der Waals surface area contributed by atoms with Gasteiger partial charge < -0.3 is 19.7 Å². The van der Waals surface area contributed by atoms with Crippen molar-refractivity contribution < 1.29 is 23.8 Å². The first-order valence-corrected chi connectivity index (χ1v) is 16.4. The number of aryl methyl sites for hydroxylation is 1. The zero-order valence-corrected chi connectivity index (χ0v) is 27.8. The van der Waals surface area contributed by atoms with Gasteiger partial charge in [-0.2, -0.15) is 0 Å². The van der Waals surface area contributed by atoms with Gasteiger partial charge >= 0.3 is 5.97 Å². The number of ether oxygens (including phenoxy) is 1. The second-order valence-corrected chi connectivity index (χ2v) is 12.6. The number of benzene rings is 3. The fraction of sp³-hybridized carbons (Fsp3) is 0.250. The van der Waals surface area contributed by atoms with Crippen molar-refractivity contribution in [3.8, 4) is 5.75 Å². The molecule has 0 radical (unpaired) electrons. The monoisotopic (exact) mass is 695 g/mol. The lowest BCUT2D eigenvalue weighted by Crippen LogP contribution is -2.32. The molecule has 47 heavy (non-hydrogen) atoms. The number of nitrogens with zero attached hydrogens (tertiary/aromatic N) is 2. The number of rotatable bonds is 13. The molecule has 7 nitrogen and oxygen atoms in total. The van der Waals surface area contributed by atoms with Gasteiger partial charge in [0.05, 0.1) is 33.3 Å². The molecule has 2 unspecified atom stereocenters. The standard InChI is InChI=1S/C36H33Cl3FN3O4/c1-2-3-16-43-20-33(28-14-10-25(37)18-30(28)38)41-34(43)32(42-35(44)29-15-11-26(40)19-31(29)39)17-22-6-12-27(13-7-22)47-21-23-4-8-24(9-5-23)36(45)46/h4-15,18-20,28,30,32H,2-3,16-17,21H2,1H3,(H,42,44)(H,45,46)/t28?,30?,32-/m0/s1. The Morgan fingerprint density at radius 1 is 1.06 bits per heavy atom. The first-order valence-electron chi connectivity index (χ1n) is 15.2. The van der Waals surface area contributed by atoms with Crippen molar-refractivity contribution in [3.05, 3.63) is 141 Å². The van der Waals surface area contributed by atoms with Crippen molar-refractivity contribution in [2.45, 2.75) is 56.7 Å². The highest BCUT2D eigenvalue weighted by Crippen LogP contribution is 2.33. The Hall–Kier alpha value is -4.11. The van der Waals surface area contributed by atoms with E-state index in [-0.39, 0.29) is 34.1 Å². The van der Waals surface area contributed by atoms with E-state index in [1.807, 2.05) is 36.5 Å². The van der Waals surface area contributed by atoms with E-state index < -0.39 is 23.7 Å². The van der Waals surface area contributed by atoms with Gasteiger partial charge in [-0.1, -0.05) is 66.9 Å². The molecular weight excluding hydrogens is 664 g/mol. The van der Waals surface area contributed by atoms with Crippen LogP contribution < -0.4 is 10.1 Å². The Bertz CT molecular complexity index is 1790. The second-order valence-electron chi connectivity index (χ2n) is 11.2. The molecule has 11 heteroatoms. The van der Waals surface area contributed by atoms with Crippen LogP contribution in [0.15, 0.2) is 96.2 Å². The Morgan fingerprint density at radius 3 is 2.45 bits per heavy atom. The molecule has 1 aliphatic rings. The second kappa shape index (κ2) is 15.7. The van der Waals surface area contributed by atoms with Crippen LogP contribution in [-0.2, 0) is 19.6 Å². The summed E-state index contributed by atoms with van der Waals surface area (Å²) in [7, 11) is 0. The zero-order valence-electron chi connectivity index (χ0n) is 25.5. The molecule has 1 amide bonds. The van der Waals surface area contributed by atoms with Crippen LogP contribution >= 0.6 is 34.8 Å². The van der Waals surface area contributed by atoms with E-state index in [9.17, 15) is 14.0 Å². The van der Waals surface area contributed by atoms with Crippen molar-refractivity contribution in [3.63, 3.8) is 0 Å². The van der Waals surface area contributed by atoms with E-state index in [1.165, 1.54) is 24.3 Å². The molecule has 3 aromatic carbocycles. The lowest BCUT2D eigenvalue weighted by Gasteiger charge is -2.21. The minimum absolute atomic E-state index is 0.0105. The average Bonchev–Trinajstić information content (AvgIpc) is 3.47. The number of aromatic carboxylic acids is 1. The highest BCUT2D eigenvalue weighted by molar-refractivity contribution is 6.34. The maximum absolute atomic E-state index is 13.8. The Labute approximate surface area is 287 Å². The lowest BCUT2D eigenvalue weighted by atomic mass is 9.97. The topological polar surface area (TPSA) is 93.5 Å². The zero-order chi connectivity index (χ0) is 33.5. The van der Waals surface area contributed by atoms with Crippen LogP contribution in [0.3, 0.4) is 0 Å². The number of hydrogen-bond donors (Lipinski definition) is 2. The summed E-state index contributed by atoms with van der Waals surface area (Å²) in [5.41, 5.74) is 2.87. The predicted molar refractivity (Wildman–Crippen MR) is 182 cm³/mol. The maximum atomic E-state index is 13.8. The summed E-state index contributed by atoms with van der Waals surface area (Å²) in [6.45, 7) is 3.06. The molecule has 0 bridgehead atoms. The van der Waals surface area contributed by atoms with Crippen LogP contribution in [-0.4, -0.2) is 31.9 Å². The van der Waals surface area contributed by atoms with Gasteiger partial charge in [-0.3, -0.25) is 4.79 Å². The largest absolute Gasteiger partial charge is 0.489 e. The molecule has 5 rings (SSSR count).